The quantitative estimate of drug-likeness (QED) is 0.558. The Balaban J connectivity index is 1.33. The first-order valence-electron chi connectivity index (χ1n) is 10.3. The predicted molar refractivity (Wildman–Crippen MR) is 124 cm³/mol. The van der Waals surface area contributed by atoms with Gasteiger partial charge in [0.1, 0.15) is 11.3 Å². The summed E-state index contributed by atoms with van der Waals surface area (Å²) in [6.07, 6.45) is 5.20. The van der Waals surface area contributed by atoms with E-state index in [1.807, 2.05) is 11.8 Å². The molecule has 0 bridgehead atoms. The summed E-state index contributed by atoms with van der Waals surface area (Å²) in [6, 6.07) is 8.35. The van der Waals surface area contributed by atoms with Crippen LogP contribution in [0, 0.1) is 19.3 Å². The van der Waals surface area contributed by atoms with Crippen molar-refractivity contribution in [2.24, 2.45) is 5.41 Å². The van der Waals surface area contributed by atoms with Gasteiger partial charge in [-0.25, -0.2) is 0 Å². The molecule has 1 amide bonds. The molecular weight excluding hydrogens is 416 g/mol. The number of thiocarbonyl (C=S) groups is 1. The minimum absolute atomic E-state index is 0.0434. The summed E-state index contributed by atoms with van der Waals surface area (Å²) >= 11 is 7.42. The molecule has 2 aliphatic rings. The summed E-state index contributed by atoms with van der Waals surface area (Å²) in [5.74, 6) is 0.647. The average Bonchev–Trinajstić information content (AvgIpc) is 3.32. The maximum Gasteiger partial charge on any atom is 0.259 e. The number of hydrogen-bond acceptors (Lipinski definition) is 5. The van der Waals surface area contributed by atoms with E-state index in [0.717, 1.165) is 56.2 Å². The largest absolute Gasteiger partial charge is 0.361 e. The molecule has 6 nitrogen and oxygen atoms in total. The lowest BCUT2D eigenvalue weighted by atomic mass is 9.77. The van der Waals surface area contributed by atoms with Crippen LogP contribution in [0.5, 0.6) is 0 Å². The minimum Gasteiger partial charge on any atom is -0.361 e. The molecule has 0 aliphatic carbocycles. The molecule has 0 radical (unpaired) electrons. The topological polar surface area (TPSA) is 61.6 Å². The fourth-order valence-electron chi connectivity index (χ4n) is 4.52. The summed E-state index contributed by atoms with van der Waals surface area (Å²) in [5.41, 5.74) is 2.56. The van der Waals surface area contributed by atoms with Crippen molar-refractivity contribution in [3.63, 3.8) is 0 Å². The van der Waals surface area contributed by atoms with Crippen LogP contribution in [-0.4, -0.2) is 58.4 Å². The number of hydrogen-bond donors (Lipinski definition) is 1. The van der Waals surface area contributed by atoms with Crippen molar-refractivity contribution in [2.75, 3.05) is 37.8 Å². The Labute approximate surface area is 187 Å². The van der Waals surface area contributed by atoms with Gasteiger partial charge in [0.15, 0.2) is 5.11 Å². The molecule has 3 heterocycles. The first kappa shape index (κ1) is 21.2. The van der Waals surface area contributed by atoms with Crippen molar-refractivity contribution in [1.29, 1.82) is 0 Å². The summed E-state index contributed by atoms with van der Waals surface area (Å²) in [6.45, 7) is 7.09. The molecule has 0 saturated carbocycles. The number of anilines is 1. The third-order valence-electron chi connectivity index (χ3n) is 6.43. The lowest BCUT2D eigenvalue weighted by Gasteiger charge is -2.39. The van der Waals surface area contributed by atoms with Gasteiger partial charge in [-0.15, -0.1) is 11.8 Å². The van der Waals surface area contributed by atoms with Crippen LogP contribution in [0.15, 0.2) is 33.7 Å². The molecule has 1 aromatic heterocycles. The zero-order chi connectivity index (χ0) is 21.3. The van der Waals surface area contributed by atoms with E-state index in [9.17, 15) is 4.79 Å². The van der Waals surface area contributed by atoms with E-state index in [1.54, 1.807) is 18.7 Å². The number of carbonyl (C=O) groups excluding carboxylic acids is 1. The Morgan fingerprint density at radius 3 is 2.33 bits per heavy atom. The summed E-state index contributed by atoms with van der Waals surface area (Å²) < 4.78 is 5.18. The van der Waals surface area contributed by atoms with E-state index < -0.39 is 0 Å². The van der Waals surface area contributed by atoms with E-state index in [-0.39, 0.29) is 11.3 Å². The van der Waals surface area contributed by atoms with Crippen LogP contribution in [0.1, 0.15) is 41.1 Å². The molecular formula is C22H28N4O2S2. The first-order chi connectivity index (χ1) is 14.4. The van der Waals surface area contributed by atoms with Gasteiger partial charge < -0.3 is 19.6 Å². The lowest BCUT2D eigenvalue weighted by Crippen LogP contribution is -2.45. The molecule has 0 unspecified atom stereocenters. The molecule has 30 heavy (non-hydrogen) atoms. The molecule has 1 N–H and O–H groups in total. The van der Waals surface area contributed by atoms with Crippen molar-refractivity contribution in [2.45, 2.75) is 38.0 Å². The SMILES string of the molecule is CSc1ccc(NC(=S)N2CCC3(CCN(C(=O)c4c(C)noc4C)CC3)C2)cc1. The second-order valence-corrected chi connectivity index (χ2v) is 9.59. The highest BCUT2D eigenvalue weighted by atomic mass is 32.2. The second-order valence-electron chi connectivity index (χ2n) is 8.32. The Morgan fingerprint density at radius 1 is 1.13 bits per heavy atom. The van der Waals surface area contributed by atoms with Gasteiger partial charge in [-0.1, -0.05) is 5.16 Å². The van der Waals surface area contributed by atoms with Crippen molar-refractivity contribution in [3.05, 3.63) is 41.3 Å². The summed E-state index contributed by atoms with van der Waals surface area (Å²) in [4.78, 5) is 18.4. The predicted octanol–water partition coefficient (Wildman–Crippen LogP) is 4.34. The number of amides is 1. The number of carbonyl (C=O) groups is 1. The first-order valence-corrected chi connectivity index (χ1v) is 12.0. The van der Waals surface area contributed by atoms with Crippen LogP contribution < -0.4 is 5.32 Å². The van der Waals surface area contributed by atoms with Gasteiger partial charge >= 0.3 is 0 Å². The van der Waals surface area contributed by atoms with E-state index in [2.05, 4.69) is 45.9 Å². The van der Waals surface area contributed by atoms with E-state index >= 15 is 0 Å². The van der Waals surface area contributed by atoms with E-state index in [0.29, 0.717) is 17.0 Å². The monoisotopic (exact) mass is 444 g/mol. The van der Waals surface area contributed by atoms with Crippen molar-refractivity contribution >= 4 is 40.7 Å². The number of nitrogens with one attached hydrogen (secondary N) is 1. The van der Waals surface area contributed by atoms with Gasteiger partial charge in [-0.2, -0.15) is 0 Å². The number of thioether (sulfide) groups is 1. The van der Waals surface area contributed by atoms with Crippen LogP contribution in [0.25, 0.3) is 0 Å². The van der Waals surface area contributed by atoms with Gasteiger partial charge in [-0.05, 0) is 81.3 Å². The maximum absolute atomic E-state index is 12.9. The van der Waals surface area contributed by atoms with Gasteiger partial charge in [0.25, 0.3) is 5.91 Å². The van der Waals surface area contributed by atoms with Crippen LogP contribution in [-0.2, 0) is 0 Å². The van der Waals surface area contributed by atoms with Crippen molar-refractivity contribution in [1.82, 2.24) is 15.0 Å². The Kier molecular flexibility index (Phi) is 6.06. The highest BCUT2D eigenvalue weighted by molar-refractivity contribution is 7.98. The number of aromatic nitrogens is 1. The third-order valence-corrected chi connectivity index (χ3v) is 7.53. The number of piperidine rings is 1. The fraction of sp³-hybridized carbons (Fsp3) is 0.500. The van der Waals surface area contributed by atoms with E-state index in [4.69, 9.17) is 16.7 Å². The van der Waals surface area contributed by atoms with Crippen molar-refractivity contribution in [3.8, 4) is 0 Å². The van der Waals surface area contributed by atoms with Gasteiger partial charge in [-0.3, -0.25) is 4.79 Å². The maximum atomic E-state index is 12.9. The van der Waals surface area contributed by atoms with Crippen LogP contribution in [0.2, 0.25) is 0 Å². The number of likely N-dealkylation sites (tertiary alicyclic amines) is 2. The standard InChI is InChI=1S/C22H28N4O2S2/c1-15-19(16(2)28-24-15)20(27)25-11-8-22(9-12-25)10-13-26(14-22)21(29)23-17-4-6-18(30-3)7-5-17/h4-7H,8-14H2,1-3H3,(H,23,29). The molecule has 2 aromatic rings. The molecule has 0 atom stereocenters. The molecule has 2 aliphatic heterocycles. The smallest absolute Gasteiger partial charge is 0.259 e. The van der Waals surface area contributed by atoms with E-state index in [1.165, 1.54) is 4.90 Å². The Bertz CT molecular complexity index is 914. The number of benzene rings is 1. The van der Waals surface area contributed by atoms with Crippen molar-refractivity contribution < 1.29 is 9.32 Å². The lowest BCUT2D eigenvalue weighted by molar-refractivity contribution is 0.0597. The molecule has 2 saturated heterocycles. The average molecular weight is 445 g/mol. The summed E-state index contributed by atoms with van der Waals surface area (Å²) in [5, 5.41) is 8.10. The normalized spacial score (nSPS) is 18.1. The fourth-order valence-corrected chi connectivity index (χ4v) is 5.21. The minimum atomic E-state index is 0.0434. The van der Waals surface area contributed by atoms with Crippen LogP contribution >= 0.6 is 24.0 Å². The molecule has 1 aromatic carbocycles. The van der Waals surface area contributed by atoms with Crippen LogP contribution in [0.4, 0.5) is 5.69 Å². The highest BCUT2D eigenvalue weighted by Crippen LogP contribution is 2.41. The highest BCUT2D eigenvalue weighted by Gasteiger charge is 2.42. The molecule has 2 fully saturated rings. The second kappa shape index (κ2) is 8.59. The van der Waals surface area contributed by atoms with Gasteiger partial charge in [0.2, 0.25) is 0 Å². The molecule has 1 spiro atoms. The summed E-state index contributed by atoms with van der Waals surface area (Å²) in [7, 11) is 0. The third kappa shape index (κ3) is 4.21. The Morgan fingerprint density at radius 2 is 1.77 bits per heavy atom. The molecule has 4 rings (SSSR count). The zero-order valence-corrected chi connectivity index (χ0v) is 19.4. The van der Waals surface area contributed by atoms with Gasteiger partial charge in [0.05, 0.1) is 5.69 Å². The number of nitrogens with zero attached hydrogens (tertiary/aromatic N) is 3. The number of aryl methyl sites for hydroxylation is 2. The zero-order valence-electron chi connectivity index (χ0n) is 17.7. The number of rotatable bonds is 3. The molecule has 160 valence electrons. The van der Waals surface area contributed by atoms with Gasteiger partial charge in [0, 0.05) is 36.8 Å². The molecule has 8 heteroatoms. The van der Waals surface area contributed by atoms with Crippen LogP contribution in [0.3, 0.4) is 0 Å². The Hall–Kier alpha value is -2.06.